The number of imidazole rings is 1. The highest BCUT2D eigenvalue weighted by molar-refractivity contribution is 5.48. The first-order chi connectivity index (χ1) is 9.24. The molecule has 0 saturated heterocycles. The highest BCUT2D eigenvalue weighted by Gasteiger charge is 2.19. The number of rotatable bonds is 3. The van der Waals surface area contributed by atoms with Gasteiger partial charge >= 0.3 is 0 Å². The van der Waals surface area contributed by atoms with Crippen LogP contribution in [0.15, 0.2) is 24.5 Å². The van der Waals surface area contributed by atoms with Crippen LogP contribution in [-0.4, -0.2) is 26.6 Å². The molecule has 102 valence electrons. The molecule has 0 aromatic carbocycles. The van der Waals surface area contributed by atoms with Gasteiger partial charge in [-0.1, -0.05) is 6.07 Å². The lowest BCUT2D eigenvalue weighted by atomic mass is 9.93. The van der Waals surface area contributed by atoms with E-state index in [2.05, 4.69) is 40.0 Å². The summed E-state index contributed by atoms with van der Waals surface area (Å²) in [5.41, 5.74) is 3.44. The molecule has 4 nitrogen and oxygen atoms in total. The quantitative estimate of drug-likeness (QED) is 0.887. The smallest absolute Gasteiger partial charge is 0.139 e. The summed E-state index contributed by atoms with van der Waals surface area (Å²) in [6.07, 6.45) is 7.91. The molecule has 0 amide bonds. The van der Waals surface area contributed by atoms with Crippen LogP contribution in [0.1, 0.15) is 36.9 Å². The molecule has 2 N–H and O–H groups in total. The Morgan fingerprint density at radius 3 is 2.95 bits per heavy atom. The lowest BCUT2D eigenvalue weighted by Gasteiger charge is -2.26. The van der Waals surface area contributed by atoms with Gasteiger partial charge in [-0.15, -0.1) is 0 Å². The maximum atomic E-state index is 9.51. The third kappa shape index (κ3) is 2.65. The summed E-state index contributed by atoms with van der Waals surface area (Å²) < 4.78 is 2.15. The first-order valence-electron chi connectivity index (χ1n) is 7.07. The van der Waals surface area contributed by atoms with Crippen molar-refractivity contribution in [3.05, 3.63) is 35.8 Å². The molecule has 1 aliphatic carbocycles. The summed E-state index contributed by atoms with van der Waals surface area (Å²) in [6.45, 7) is 2.92. The van der Waals surface area contributed by atoms with E-state index >= 15 is 0 Å². The monoisotopic (exact) mass is 259 g/mol. The van der Waals surface area contributed by atoms with Crippen molar-refractivity contribution in [2.24, 2.45) is 0 Å². The van der Waals surface area contributed by atoms with Crippen molar-refractivity contribution >= 4 is 5.65 Å². The van der Waals surface area contributed by atoms with E-state index in [9.17, 15) is 5.11 Å². The Balaban J connectivity index is 1.67. The lowest BCUT2D eigenvalue weighted by molar-refractivity contribution is 0.116. The summed E-state index contributed by atoms with van der Waals surface area (Å²) in [5.74, 6) is 0. The van der Waals surface area contributed by atoms with Crippen molar-refractivity contribution in [1.82, 2.24) is 14.7 Å². The number of nitrogens with one attached hydrogen (secondary N) is 1. The van der Waals surface area contributed by atoms with Crippen LogP contribution in [-0.2, 0) is 6.54 Å². The van der Waals surface area contributed by atoms with Crippen molar-refractivity contribution in [2.75, 3.05) is 0 Å². The predicted molar refractivity (Wildman–Crippen MR) is 75.0 cm³/mol. The fourth-order valence-electron chi connectivity index (χ4n) is 2.86. The molecule has 2 aromatic rings. The van der Waals surface area contributed by atoms with Crippen LogP contribution in [0.3, 0.4) is 0 Å². The number of fused-ring (bicyclic) bond motifs is 1. The van der Waals surface area contributed by atoms with E-state index in [4.69, 9.17) is 0 Å². The van der Waals surface area contributed by atoms with E-state index in [1.54, 1.807) is 0 Å². The molecular weight excluding hydrogens is 238 g/mol. The molecule has 2 aromatic heterocycles. The second-order valence-corrected chi connectivity index (χ2v) is 5.52. The minimum absolute atomic E-state index is 0.0866. The maximum Gasteiger partial charge on any atom is 0.139 e. The van der Waals surface area contributed by atoms with Crippen molar-refractivity contribution in [2.45, 2.75) is 51.3 Å². The van der Waals surface area contributed by atoms with E-state index in [0.29, 0.717) is 6.04 Å². The second kappa shape index (κ2) is 5.31. The molecule has 0 spiro atoms. The van der Waals surface area contributed by atoms with Crippen molar-refractivity contribution in [1.29, 1.82) is 0 Å². The summed E-state index contributed by atoms with van der Waals surface area (Å²) in [7, 11) is 0. The van der Waals surface area contributed by atoms with Crippen LogP contribution in [0.5, 0.6) is 0 Å². The van der Waals surface area contributed by atoms with Crippen LogP contribution in [0.2, 0.25) is 0 Å². The van der Waals surface area contributed by atoms with Gasteiger partial charge in [0.05, 0.1) is 18.0 Å². The Morgan fingerprint density at radius 1 is 1.37 bits per heavy atom. The average molecular weight is 259 g/mol. The van der Waals surface area contributed by atoms with Crippen molar-refractivity contribution < 1.29 is 5.11 Å². The van der Waals surface area contributed by atoms with E-state index in [1.807, 2.05) is 6.20 Å². The summed E-state index contributed by atoms with van der Waals surface area (Å²) in [5, 5.41) is 13.1. The van der Waals surface area contributed by atoms with E-state index in [-0.39, 0.29) is 6.10 Å². The fourth-order valence-corrected chi connectivity index (χ4v) is 2.86. The van der Waals surface area contributed by atoms with Gasteiger partial charge in [0.1, 0.15) is 5.65 Å². The molecular formula is C15H21N3O. The van der Waals surface area contributed by atoms with Crippen LogP contribution >= 0.6 is 0 Å². The molecule has 3 rings (SSSR count). The van der Waals surface area contributed by atoms with Gasteiger partial charge in [0.25, 0.3) is 0 Å². The number of aliphatic hydroxyl groups is 1. The molecule has 1 fully saturated rings. The summed E-state index contributed by atoms with van der Waals surface area (Å²) in [6, 6.07) is 4.67. The SMILES string of the molecule is Cc1cccn2c(CNC3CCC(O)CC3)cnc12. The number of aryl methyl sites for hydroxylation is 1. The Hall–Kier alpha value is -1.39. The highest BCUT2D eigenvalue weighted by Crippen LogP contribution is 2.19. The van der Waals surface area contributed by atoms with Crippen LogP contribution in [0.25, 0.3) is 5.65 Å². The molecule has 1 aliphatic rings. The maximum absolute atomic E-state index is 9.51. The largest absolute Gasteiger partial charge is 0.393 e. The number of hydrogen-bond acceptors (Lipinski definition) is 3. The standard InChI is InChI=1S/C15H21N3O/c1-11-3-2-8-18-13(10-17-15(11)18)9-16-12-4-6-14(19)7-5-12/h2-3,8,10,12,14,16,19H,4-7,9H2,1H3. The Kier molecular flexibility index (Phi) is 3.53. The Labute approximate surface area is 113 Å². The van der Waals surface area contributed by atoms with Gasteiger partial charge in [-0.05, 0) is 44.2 Å². The summed E-state index contributed by atoms with van der Waals surface area (Å²) >= 11 is 0. The van der Waals surface area contributed by atoms with Gasteiger partial charge in [0.2, 0.25) is 0 Å². The molecule has 0 aliphatic heterocycles. The molecule has 4 heteroatoms. The molecule has 0 unspecified atom stereocenters. The molecule has 0 atom stereocenters. The highest BCUT2D eigenvalue weighted by atomic mass is 16.3. The zero-order valence-electron chi connectivity index (χ0n) is 11.3. The molecule has 1 saturated carbocycles. The minimum Gasteiger partial charge on any atom is -0.393 e. The third-order valence-corrected chi connectivity index (χ3v) is 4.08. The van der Waals surface area contributed by atoms with Crippen LogP contribution in [0, 0.1) is 6.92 Å². The van der Waals surface area contributed by atoms with Gasteiger partial charge in [-0.3, -0.25) is 0 Å². The number of nitrogens with zero attached hydrogens (tertiary/aromatic N) is 2. The topological polar surface area (TPSA) is 49.6 Å². The average Bonchev–Trinajstić information content (AvgIpc) is 2.83. The molecule has 0 radical (unpaired) electrons. The van der Waals surface area contributed by atoms with Gasteiger partial charge in [-0.2, -0.15) is 0 Å². The second-order valence-electron chi connectivity index (χ2n) is 5.52. The number of aromatic nitrogens is 2. The molecule has 0 bridgehead atoms. The predicted octanol–water partition coefficient (Wildman–Crippen LogP) is 2.04. The van der Waals surface area contributed by atoms with E-state index in [1.165, 1.54) is 11.3 Å². The van der Waals surface area contributed by atoms with E-state index in [0.717, 1.165) is 37.9 Å². The zero-order valence-corrected chi connectivity index (χ0v) is 11.3. The normalized spacial score (nSPS) is 23.9. The van der Waals surface area contributed by atoms with Gasteiger partial charge in [0, 0.05) is 18.8 Å². The molecule has 2 heterocycles. The van der Waals surface area contributed by atoms with Gasteiger partial charge in [-0.25, -0.2) is 4.98 Å². The number of aliphatic hydroxyl groups excluding tert-OH is 1. The Morgan fingerprint density at radius 2 is 2.16 bits per heavy atom. The van der Waals surface area contributed by atoms with Crippen LogP contribution in [0.4, 0.5) is 0 Å². The van der Waals surface area contributed by atoms with Gasteiger partial charge in [0.15, 0.2) is 0 Å². The number of pyridine rings is 1. The van der Waals surface area contributed by atoms with Crippen molar-refractivity contribution in [3.8, 4) is 0 Å². The fraction of sp³-hybridized carbons (Fsp3) is 0.533. The third-order valence-electron chi connectivity index (χ3n) is 4.08. The van der Waals surface area contributed by atoms with Crippen molar-refractivity contribution in [3.63, 3.8) is 0 Å². The van der Waals surface area contributed by atoms with Crippen LogP contribution < -0.4 is 5.32 Å². The molecule has 19 heavy (non-hydrogen) atoms. The minimum atomic E-state index is -0.0866. The first kappa shape index (κ1) is 12.6. The Bertz CT molecular complexity index is 556. The first-order valence-corrected chi connectivity index (χ1v) is 7.07. The zero-order chi connectivity index (χ0) is 13.2. The van der Waals surface area contributed by atoms with E-state index < -0.39 is 0 Å². The number of hydrogen-bond donors (Lipinski definition) is 2. The van der Waals surface area contributed by atoms with Gasteiger partial charge < -0.3 is 14.8 Å². The summed E-state index contributed by atoms with van der Waals surface area (Å²) in [4.78, 5) is 4.48. The lowest BCUT2D eigenvalue weighted by Crippen LogP contribution is -2.34.